The highest BCUT2D eigenvalue weighted by Gasteiger charge is 2.19. The molecule has 4 heteroatoms. The number of ether oxygens (including phenoxy) is 2. The van der Waals surface area contributed by atoms with Crippen molar-refractivity contribution in [3.05, 3.63) is 0 Å². The summed E-state index contributed by atoms with van der Waals surface area (Å²) in [6.45, 7) is 12.4. The Balaban J connectivity index is 4.28. The lowest BCUT2D eigenvalue weighted by Crippen LogP contribution is -2.39. The van der Waals surface area contributed by atoms with E-state index in [1.165, 1.54) is 0 Å². The Hall–Kier alpha value is -0.610. The van der Waals surface area contributed by atoms with Crippen LogP contribution in [-0.2, 0) is 14.3 Å². The van der Waals surface area contributed by atoms with Crippen molar-refractivity contribution >= 4 is 5.97 Å². The largest absolute Gasteiger partial charge is 0.460 e. The lowest BCUT2D eigenvalue weighted by Gasteiger charge is -2.30. The highest BCUT2D eigenvalue weighted by atomic mass is 16.6. The molecule has 0 unspecified atom stereocenters. The normalized spacial score (nSPS) is 12.2. The predicted octanol–water partition coefficient (Wildman–Crippen LogP) is 2.86. The SMILES string of the molecule is CCC(CC)N(CCOC)CCC(=O)OC(C)(C)C. The Labute approximate surface area is 118 Å². The Kier molecular flexibility index (Phi) is 9.02. The molecule has 0 rings (SSSR count). The van der Waals surface area contributed by atoms with Gasteiger partial charge in [-0.3, -0.25) is 9.69 Å². The van der Waals surface area contributed by atoms with E-state index >= 15 is 0 Å². The maximum Gasteiger partial charge on any atom is 0.307 e. The fraction of sp³-hybridized carbons (Fsp3) is 0.933. The average Bonchev–Trinajstić information content (AvgIpc) is 2.30. The third-order valence-corrected chi connectivity index (χ3v) is 3.06. The van der Waals surface area contributed by atoms with Crippen LogP contribution < -0.4 is 0 Å². The summed E-state index contributed by atoms with van der Waals surface area (Å²) in [6, 6.07) is 0.512. The molecule has 0 spiro atoms. The molecule has 0 aliphatic rings. The molecule has 0 radical (unpaired) electrons. The second kappa shape index (κ2) is 9.32. The monoisotopic (exact) mass is 273 g/mol. The smallest absolute Gasteiger partial charge is 0.307 e. The van der Waals surface area contributed by atoms with E-state index in [4.69, 9.17) is 9.47 Å². The molecule has 19 heavy (non-hydrogen) atoms. The van der Waals surface area contributed by atoms with Gasteiger partial charge in [0.05, 0.1) is 13.0 Å². The molecule has 0 bridgehead atoms. The van der Waals surface area contributed by atoms with E-state index in [-0.39, 0.29) is 5.97 Å². The molecule has 0 aliphatic carbocycles. The third kappa shape index (κ3) is 9.00. The molecule has 0 fully saturated rings. The van der Waals surface area contributed by atoms with Crippen molar-refractivity contribution in [2.45, 2.75) is 65.5 Å². The number of hydrogen-bond donors (Lipinski definition) is 0. The molecule has 0 aromatic carbocycles. The van der Waals surface area contributed by atoms with Crippen molar-refractivity contribution in [3.63, 3.8) is 0 Å². The summed E-state index contributed by atoms with van der Waals surface area (Å²) >= 11 is 0. The van der Waals surface area contributed by atoms with Crippen molar-refractivity contribution in [2.24, 2.45) is 0 Å². The molecule has 0 aromatic rings. The summed E-state index contributed by atoms with van der Waals surface area (Å²) in [5.41, 5.74) is -0.399. The Morgan fingerprint density at radius 1 is 1.16 bits per heavy atom. The van der Waals surface area contributed by atoms with Gasteiger partial charge in [-0.2, -0.15) is 0 Å². The molecular formula is C15H31NO3. The van der Waals surface area contributed by atoms with Crippen LogP contribution in [0.5, 0.6) is 0 Å². The molecule has 0 aromatic heterocycles. The fourth-order valence-electron chi connectivity index (χ4n) is 2.12. The second-order valence-electron chi connectivity index (χ2n) is 5.84. The van der Waals surface area contributed by atoms with E-state index in [1.807, 2.05) is 20.8 Å². The maximum absolute atomic E-state index is 11.8. The molecule has 0 saturated heterocycles. The van der Waals surface area contributed by atoms with E-state index < -0.39 is 5.60 Å². The van der Waals surface area contributed by atoms with Gasteiger partial charge < -0.3 is 9.47 Å². The van der Waals surface area contributed by atoms with E-state index in [2.05, 4.69) is 18.7 Å². The first-order valence-electron chi connectivity index (χ1n) is 7.28. The highest BCUT2D eigenvalue weighted by molar-refractivity contribution is 5.70. The number of rotatable bonds is 9. The topological polar surface area (TPSA) is 38.8 Å². The minimum atomic E-state index is -0.399. The van der Waals surface area contributed by atoms with Gasteiger partial charge in [-0.15, -0.1) is 0 Å². The van der Waals surface area contributed by atoms with E-state index in [0.29, 0.717) is 19.1 Å². The van der Waals surface area contributed by atoms with E-state index in [9.17, 15) is 4.79 Å². The van der Waals surface area contributed by atoms with Crippen molar-refractivity contribution in [1.82, 2.24) is 4.90 Å². The minimum Gasteiger partial charge on any atom is -0.460 e. The first-order chi connectivity index (χ1) is 8.84. The maximum atomic E-state index is 11.8. The first-order valence-corrected chi connectivity index (χ1v) is 7.28. The number of methoxy groups -OCH3 is 1. The Bertz CT molecular complexity index is 244. The zero-order valence-corrected chi connectivity index (χ0v) is 13.5. The van der Waals surface area contributed by atoms with Crippen LogP contribution >= 0.6 is 0 Å². The van der Waals surface area contributed by atoms with Crippen LogP contribution in [0.15, 0.2) is 0 Å². The number of carbonyl (C=O) groups is 1. The van der Waals surface area contributed by atoms with E-state index in [0.717, 1.165) is 25.9 Å². The number of hydrogen-bond acceptors (Lipinski definition) is 4. The lowest BCUT2D eigenvalue weighted by molar-refractivity contribution is -0.155. The summed E-state index contributed by atoms with van der Waals surface area (Å²) in [6.07, 6.45) is 2.63. The fourth-order valence-corrected chi connectivity index (χ4v) is 2.12. The molecule has 0 atom stereocenters. The van der Waals surface area contributed by atoms with Gasteiger partial charge in [0.1, 0.15) is 5.60 Å². The quantitative estimate of drug-likeness (QED) is 0.606. The predicted molar refractivity (Wildman–Crippen MR) is 78.3 cm³/mol. The molecule has 0 aliphatic heterocycles. The van der Waals surface area contributed by atoms with Gasteiger partial charge in [-0.05, 0) is 33.6 Å². The molecule has 4 nitrogen and oxygen atoms in total. The van der Waals surface area contributed by atoms with Crippen LogP contribution in [-0.4, -0.2) is 49.3 Å². The van der Waals surface area contributed by atoms with Gasteiger partial charge in [0, 0.05) is 26.2 Å². The number of nitrogens with zero attached hydrogens (tertiary/aromatic N) is 1. The van der Waals surface area contributed by atoms with Crippen LogP contribution in [0.25, 0.3) is 0 Å². The summed E-state index contributed by atoms with van der Waals surface area (Å²) < 4.78 is 10.5. The van der Waals surface area contributed by atoms with Crippen LogP contribution in [0, 0.1) is 0 Å². The van der Waals surface area contributed by atoms with Crippen LogP contribution in [0.2, 0.25) is 0 Å². The second-order valence-corrected chi connectivity index (χ2v) is 5.84. The van der Waals surface area contributed by atoms with Gasteiger partial charge in [-0.1, -0.05) is 13.8 Å². The van der Waals surface area contributed by atoms with Gasteiger partial charge in [0.15, 0.2) is 0 Å². The molecule has 0 amide bonds. The summed E-state index contributed by atoms with van der Waals surface area (Å²) in [4.78, 5) is 14.1. The summed E-state index contributed by atoms with van der Waals surface area (Å²) in [5.74, 6) is -0.124. The molecule has 114 valence electrons. The summed E-state index contributed by atoms with van der Waals surface area (Å²) in [7, 11) is 1.71. The zero-order valence-electron chi connectivity index (χ0n) is 13.5. The van der Waals surface area contributed by atoms with Crippen LogP contribution in [0.4, 0.5) is 0 Å². The van der Waals surface area contributed by atoms with Crippen molar-refractivity contribution in [3.8, 4) is 0 Å². The number of carbonyl (C=O) groups excluding carboxylic acids is 1. The molecular weight excluding hydrogens is 242 g/mol. The third-order valence-electron chi connectivity index (χ3n) is 3.06. The average molecular weight is 273 g/mol. The number of esters is 1. The summed E-state index contributed by atoms with van der Waals surface area (Å²) in [5, 5.41) is 0. The Morgan fingerprint density at radius 3 is 2.16 bits per heavy atom. The van der Waals surface area contributed by atoms with Crippen LogP contribution in [0.3, 0.4) is 0 Å². The van der Waals surface area contributed by atoms with Gasteiger partial charge in [0.2, 0.25) is 0 Å². The van der Waals surface area contributed by atoms with E-state index in [1.54, 1.807) is 7.11 Å². The lowest BCUT2D eigenvalue weighted by atomic mass is 10.1. The molecule has 0 N–H and O–H groups in total. The van der Waals surface area contributed by atoms with Crippen LogP contribution in [0.1, 0.15) is 53.9 Å². The van der Waals surface area contributed by atoms with Crippen molar-refractivity contribution in [1.29, 1.82) is 0 Å². The van der Waals surface area contributed by atoms with Crippen molar-refractivity contribution < 1.29 is 14.3 Å². The van der Waals surface area contributed by atoms with Gasteiger partial charge in [0.25, 0.3) is 0 Å². The Morgan fingerprint density at radius 2 is 1.74 bits per heavy atom. The molecule has 0 saturated carbocycles. The van der Waals surface area contributed by atoms with Crippen molar-refractivity contribution in [2.75, 3.05) is 26.8 Å². The van der Waals surface area contributed by atoms with Gasteiger partial charge >= 0.3 is 5.97 Å². The first kappa shape index (κ1) is 18.4. The zero-order chi connectivity index (χ0) is 14.9. The minimum absolute atomic E-state index is 0.124. The standard InChI is InChI=1S/C15H31NO3/c1-7-13(8-2)16(11-12-18-6)10-9-14(17)19-15(3,4)5/h13H,7-12H2,1-6H3. The van der Waals surface area contributed by atoms with Gasteiger partial charge in [-0.25, -0.2) is 0 Å². The highest BCUT2D eigenvalue weighted by Crippen LogP contribution is 2.12. The molecule has 0 heterocycles.